The lowest BCUT2D eigenvalue weighted by molar-refractivity contribution is -0.114. The molecule has 7 nitrogen and oxygen atoms in total. The number of aryl methyl sites for hydroxylation is 1. The van der Waals surface area contributed by atoms with E-state index in [9.17, 15) is 13.2 Å². The maximum atomic E-state index is 13.0. The first kappa shape index (κ1) is 20.8. The standard InChI is InChI=1S/C20H21N3O4S2/c1-4-27-18-10-9-16(21-14(3)24)11-19(18)29(25,26)23-20-22-17(12-28-20)15-7-5-13(2)6-8-15/h5-12H,4H2,1-3H3,(H,21,24)(H,22,23). The van der Waals surface area contributed by atoms with Crippen LogP contribution in [0.2, 0.25) is 0 Å². The summed E-state index contributed by atoms with van der Waals surface area (Å²) in [6.07, 6.45) is 0. The number of ether oxygens (including phenoxy) is 1. The maximum Gasteiger partial charge on any atom is 0.267 e. The summed E-state index contributed by atoms with van der Waals surface area (Å²) >= 11 is 1.19. The van der Waals surface area contributed by atoms with Crippen LogP contribution in [-0.4, -0.2) is 25.9 Å². The molecule has 1 aromatic heterocycles. The van der Waals surface area contributed by atoms with Gasteiger partial charge in [0.2, 0.25) is 5.91 Å². The summed E-state index contributed by atoms with van der Waals surface area (Å²) in [5, 5.41) is 4.62. The van der Waals surface area contributed by atoms with Gasteiger partial charge in [0.05, 0.1) is 12.3 Å². The van der Waals surface area contributed by atoms with E-state index in [0.29, 0.717) is 18.0 Å². The van der Waals surface area contributed by atoms with Crippen LogP contribution in [0.3, 0.4) is 0 Å². The smallest absolute Gasteiger partial charge is 0.267 e. The minimum Gasteiger partial charge on any atom is -0.492 e. The Labute approximate surface area is 173 Å². The molecule has 29 heavy (non-hydrogen) atoms. The zero-order valence-corrected chi connectivity index (χ0v) is 17.9. The first-order valence-corrected chi connectivity index (χ1v) is 11.2. The van der Waals surface area contributed by atoms with Gasteiger partial charge in [0, 0.05) is 23.6 Å². The summed E-state index contributed by atoms with van der Waals surface area (Å²) < 4.78 is 33.9. The molecule has 0 bridgehead atoms. The van der Waals surface area contributed by atoms with E-state index in [4.69, 9.17) is 4.74 Å². The molecule has 0 aliphatic rings. The second-order valence-corrected chi connectivity index (χ2v) is 8.79. The van der Waals surface area contributed by atoms with E-state index in [1.54, 1.807) is 18.4 Å². The van der Waals surface area contributed by atoms with Crippen molar-refractivity contribution in [2.24, 2.45) is 0 Å². The van der Waals surface area contributed by atoms with Crippen LogP contribution >= 0.6 is 11.3 Å². The molecule has 0 saturated heterocycles. The fraction of sp³-hybridized carbons (Fsp3) is 0.200. The molecular weight excluding hydrogens is 410 g/mol. The van der Waals surface area contributed by atoms with Crippen molar-refractivity contribution in [3.05, 3.63) is 53.4 Å². The molecule has 0 radical (unpaired) electrons. The number of aromatic nitrogens is 1. The Morgan fingerprint density at radius 3 is 2.55 bits per heavy atom. The van der Waals surface area contributed by atoms with Gasteiger partial charge in [-0.15, -0.1) is 11.3 Å². The highest BCUT2D eigenvalue weighted by atomic mass is 32.2. The Hall–Kier alpha value is -2.91. The number of benzene rings is 2. The van der Waals surface area contributed by atoms with E-state index >= 15 is 0 Å². The molecule has 0 aliphatic carbocycles. The van der Waals surface area contributed by atoms with Crippen molar-refractivity contribution in [3.63, 3.8) is 0 Å². The van der Waals surface area contributed by atoms with Crippen LogP contribution in [0.25, 0.3) is 11.3 Å². The molecule has 1 heterocycles. The largest absolute Gasteiger partial charge is 0.492 e. The maximum absolute atomic E-state index is 13.0. The molecule has 0 unspecified atom stereocenters. The Bertz CT molecular complexity index is 1120. The predicted molar refractivity (Wildman–Crippen MR) is 115 cm³/mol. The number of rotatable bonds is 7. The molecule has 0 spiro atoms. The van der Waals surface area contributed by atoms with Crippen molar-refractivity contribution in [2.45, 2.75) is 25.7 Å². The van der Waals surface area contributed by atoms with Crippen molar-refractivity contribution in [1.29, 1.82) is 0 Å². The Morgan fingerprint density at radius 1 is 1.17 bits per heavy atom. The third-order valence-electron chi connectivity index (χ3n) is 3.93. The van der Waals surface area contributed by atoms with Crippen molar-refractivity contribution in [2.75, 3.05) is 16.6 Å². The highest BCUT2D eigenvalue weighted by Crippen LogP contribution is 2.31. The third kappa shape index (κ3) is 5.12. The summed E-state index contributed by atoms with van der Waals surface area (Å²) in [6.45, 7) is 5.41. The highest BCUT2D eigenvalue weighted by Gasteiger charge is 2.22. The first-order chi connectivity index (χ1) is 13.8. The number of hydrogen-bond acceptors (Lipinski definition) is 6. The van der Waals surface area contributed by atoms with E-state index in [1.807, 2.05) is 31.2 Å². The SMILES string of the molecule is CCOc1ccc(NC(C)=O)cc1S(=O)(=O)Nc1nc(-c2ccc(C)cc2)cs1. The molecule has 3 rings (SSSR count). The van der Waals surface area contributed by atoms with Crippen molar-refractivity contribution in [1.82, 2.24) is 4.98 Å². The van der Waals surface area contributed by atoms with E-state index in [2.05, 4.69) is 15.0 Å². The Balaban J connectivity index is 1.91. The third-order valence-corrected chi connectivity index (χ3v) is 6.17. The molecule has 1 amide bonds. The molecule has 152 valence electrons. The molecule has 2 aromatic carbocycles. The number of anilines is 2. The van der Waals surface area contributed by atoms with Crippen molar-refractivity contribution >= 4 is 38.1 Å². The number of hydrogen-bond donors (Lipinski definition) is 2. The Morgan fingerprint density at radius 2 is 1.90 bits per heavy atom. The molecular formula is C20H21N3O4S2. The van der Waals surface area contributed by atoms with Gasteiger partial charge in [-0.05, 0) is 32.0 Å². The number of carbonyl (C=O) groups is 1. The fourth-order valence-electron chi connectivity index (χ4n) is 2.62. The summed E-state index contributed by atoms with van der Waals surface area (Å²) in [5.41, 5.74) is 3.08. The van der Waals surface area contributed by atoms with E-state index in [0.717, 1.165) is 11.1 Å². The lowest BCUT2D eigenvalue weighted by Gasteiger charge is -2.13. The quantitative estimate of drug-likeness (QED) is 0.582. The zero-order chi connectivity index (χ0) is 21.0. The van der Waals surface area contributed by atoms with Gasteiger partial charge in [-0.3, -0.25) is 9.52 Å². The normalized spacial score (nSPS) is 11.1. The van der Waals surface area contributed by atoms with Crippen LogP contribution in [0.15, 0.2) is 52.7 Å². The number of carbonyl (C=O) groups excluding carboxylic acids is 1. The van der Waals surface area contributed by atoms with Crippen LogP contribution in [0, 0.1) is 6.92 Å². The second-order valence-electron chi connectivity index (χ2n) is 6.29. The van der Waals surface area contributed by atoms with Crippen molar-refractivity contribution < 1.29 is 17.9 Å². The first-order valence-electron chi connectivity index (χ1n) is 8.88. The van der Waals surface area contributed by atoms with Gasteiger partial charge < -0.3 is 10.1 Å². The Kier molecular flexibility index (Phi) is 6.19. The topological polar surface area (TPSA) is 97.4 Å². The number of nitrogens with zero attached hydrogens (tertiary/aromatic N) is 1. The molecule has 0 fully saturated rings. The number of nitrogens with one attached hydrogen (secondary N) is 2. The molecule has 2 N–H and O–H groups in total. The summed E-state index contributed by atoms with van der Waals surface area (Å²) in [7, 11) is -3.98. The van der Waals surface area contributed by atoms with Gasteiger partial charge in [-0.1, -0.05) is 29.8 Å². The second kappa shape index (κ2) is 8.62. The van der Waals surface area contributed by atoms with Gasteiger partial charge in [0.25, 0.3) is 10.0 Å². The molecule has 9 heteroatoms. The van der Waals surface area contributed by atoms with Gasteiger partial charge in [-0.2, -0.15) is 0 Å². The van der Waals surface area contributed by atoms with Crippen LogP contribution in [0.5, 0.6) is 5.75 Å². The van der Waals surface area contributed by atoms with Gasteiger partial charge >= 0.3 is 0 Å². The van der Waals surface area contributed by atoms with E-state index < -0.39 is 10.0 Å². The average Bonchev–Trinajstić information content (AvgIpc) is 3.11. The number of thiazole rings is 1. The lowest BCUT2D eigenvalue weighted by atomic mass is 10.1. The molecule has 0 saturated carbocycles. The lowest BCUT2D eigenvalue weighted by Crippen LogP contribution is -2.15. The van der Waals surface area contributed by atoms with Gasteiger partial charge in [0.1, 0.15) is 10.6 Å². The average molecular weight is 432 g/mol. The summed E-state index contributed by atoms with van der Waals surface area (Å²) in [6, 6.07) is 12.3. The minimum atomic E-state index is -3.98. The predicted octanol–water partition coefficient (Wildman–Crippen LogP) is 4.28. The summed E-state index contributed by atoms with van der Waals surface area (Å²) in [5.74, 6) is -0.0995. The van der Waals surface area contributed by atoms with E-state index in [1.165, 1.54) is 30.4 Å². The molecule has 0 atom stereocenters. The number of amides is 1. The van der Waals surface area contributed by atoms with Crippen molar-refractivity contribution in [3.8, 4) is 17.0 Å². The van der Waals surface area contributed by atoms with Crippen LogP contribution in [-0.2, 0) is 14.8 Å². The van der Waals surface area contributed by atoms with Crippen LogP contribution < -0.4 is 14.8 Å². The number of sulfonamides is 1. The molecule has 3 aromatic rings. The minimum absolute atomic E-state index is 0.0716. The monoisotopic (exact) mass is 431 g/mol. The van der Waals surface area contributed by atoms with Crippen LogP contribution in [0.1, 0.15) is 19.4 Å². The van der Waals surface area contributed by atoms with E-state index in [-0.39, 0.29) is 21.7 Å². The molecule has 0 aliphatic heterocycles. The zero-order valence-electron chi connectivity index (χ0n) is 16.2. The van der Waals surface area contributed by atoms with Crippen LogP contribution in [0.4, 0.5) is 10.8 Å². The van der Waals surface area contributed by atoms with Gasteiger partial charge in [0.15, 0.2) is 5.13 Å². The van der Waals surface area contributed by atoms with Gasteiger partial charge in [-0.25, -0.2) is 13.4 Å². The fourth-order valence-corrected chi connectivity index (χ4v) is 4.77. The summed E-state index contributed by atoms with van der Waals surface area (Å²) in [4.78, 5) is 15.6. The highest BCUT2D eigenvalue weighted by molar-refractivity contribution is 7.93.